The lowest BCUT2D eigenvalue weighted by atomic mass is 10.1. The summed E-state index contributed by atoms with van der Waals surface area (Å²) in [5.41, 5.74) is 2.44. The van der Waals surface area contributed by atoms with Gasteiger partial charge in [0.1, 0.15) is 0 Å². The van der Waals surface area contributed by atoms with E-state index in [1.165, 1.54) is 5.69 Å². The maximum absolute atomic E-state index is 9.62. The third kappa shape index (κ3) is 2.59. The van der Waals surface area contributed by atoms with Crippen LogP contribution in [0.2, 0.25) is 0 Å². The van der Waals surface area contributed by atoms with E-state index in [1.807, 2.05) is 18.2 Å². The van der Waals surface area contributed by atoms with Gasteiger partial charge in [-0.05, 0) is 24.1 Å². The summed E-state index contributed by atoms with van der Waals surface area (Å²) in [5.74, 6) is 0. The average molecular weight is 229 g/mol. The summed E-state index contributed by atoms with van der Waals surface area (Å²) < 4.78 is 2.18. The van der Waals surface area contributed by atoms with Crippen molar-refractivity contribution in [3.8, 4) is 0 Å². The van der Waals surface area contributed by atoms with E-state index in [1.54, 1.807) is 0 Å². The van der Waals surface area contributed by atoms with Gasteiger partial charge in [0.2, 0.25) is 0 Å². The summed E-state index contributed by atoms with van der Waals surface area (Å²) in [6, 6.07) is 14.4. The highest BCUT2D eigenvalue weighted by Crippen LogP contribution is 2.21. The molecule has 17 heavy (non-hydrogen) atoms. The van der Waals surface area contributed by atoms with E-state index in [0.29, 0.717) is 0 Å². The molecule has 1 N–H and O–H groups in total. The number of aryl methyl sites for hydroxylation is 1. The largest absolute Gasteiger partial charge is 0.394 e. The smallest absolute Gasteiger partial charge is 0.0813 e. The minimum Gasteiger partial charge on any atom is -0.394 e. The molecular weight excluding hydrogens is 210 g/mol. The van der Waals surface area contributed by atoms with Crippen molar-refractivity contribution < 1.29 is 5.11 Å². The second-order valence-electron chi connectivity index (χ2n) is 4.27. The van der Waals surface area contributed by atoms with Crippen molar-refractivity contribution in [2.45, 2.75) is 25.8 Å². The normalized spacial score (nSPS) is 12.6. The second kappa shape index (κ2) is 5.69. The molecule has 2 nitrogen and oxygen atoms in total. The van der Waals surface area contributed by atoms with Gasteiger partial charge in [-0.3, -0.25) is 0 Å². The molecule has 0 radical (unpaired) electrons. The van der Waals surface area contributed by atoms with E-state index in [9.17, 15) is 5.11 Å². The first kappa shape index (κ1) is 11.9. The molecule has 0 fully saturated rings. The number of hydrogen-bond donors (Lipinski definition) is 1. The van der Waals surface area contributed by atoms with Crippen molar-refractivity contribution in [2.24, 2.45) is 0 Å². The van der Waals surface area contributed by atoms with Crippen molar-refractivity contribution in [2.75, 3.05) is 6.61 Å². The molecule has 0 amide bonds. The van der Waals surface area contributed by atoms with Gasteiger partial charge in [-0.1, -0.05) is 43.7 Å². The van der Waals surface area contributed by atoms with Crippen molar-refractivity contribution in [1.82, 2.24) is 4.57 Å². The molecule has 0 saturated carbocycles. The zero-order valence-corrected chi connectivity index (χ0v) is 10.2. The van der Waals surface area contributed by atoms with Gasteiger partial charge in [-0.2, -0.15) is 0 Å². The molecule has 1 aromatic carbocycles. The number of aliphatic hydroxyl groups is 1. The van der Waals surface area contributed by atoms with Crippen molar-refractivity contribution in [1.29, 1.82) is 0 Å². The molecule has 1 heterocycles. The minimum atomic E-state index is 0.0350. The Morgan fingerprint density at radius 2 is 1.88 bits per heavy atom. The highest BCUT2D eigenvalue weighted by Gasteiger charge is 2.13. The van der Waals surface area contributed by atoms with E-state index >= 15 is 0 Å². The van der Waals surface area contributed by atoms with E-state index in [-0.39, 0.29) is 12.6 Å². The molecule has 0 spiro atoms. The molecular formula is C15H19NO. The van der Waals surface area contributed by atoms with E-state index in [4.69, 9.17) is 0 Å². The van der Waals surface area contributed by atoms with Crippen LogP contribution < -0.4 is 0 Å². The third-order valence-electron chi connectivity index (χ3n) is 3.07. The molecule has 0 bridgehead atoms. The van der Waals surface area contributed by atoms with Crippen LogP contribution in [-0.4, -0.2) is 16.3 Å². The molecule has 90 valence electrons. The molecule has 2 aromatic rings. The Morgan fingerprint density at radius 3 is 2.53 bits per heavy atom. The number of nitrogens with zero attached hydrogens (tertiary/aromatic N) is 1. The topological polar surface area (TPSA) is 25.2 Å². The lowest BCUT2D eigenvalue weighted by Crippen LogP contribution is -2.16. The van der Waals surface area contributed by atoms with Crippen LogP contribution in [0.1, 0.15) is 30.6 Å². The lowest BCUT2D eigenvalue weighted by Gasteiger charge is -2.20. The van der Waals surface area contributed by atoms with Crippen LogP contribution in [0.15, 0.2) is 48.7 Å². The summed E-state index contributed by atoms with van der Waals surface area (Å²) in [6.45, 7) is 2.31. The molecule has 1 aromatic heterocycles. The minimum absolute atomic E-state index is 0.0350. The molecule has 2 heteroatoms. The Morgan fingerprint density at radius 1 is 1.12 bits per heavy atom. The molecule has 1 atom stereocenters. The Bertz CT molecular complexity index is 447. The molecule has 0 aliphatic rings. The highest BCUT2D eigenvalue weighted by atomic mass is 16.3. The number of rotatable bonds is 5. The summed E-state index contributed by atoms with van der Waals surface area (Å²) in [5, 5.41) is 9.62. The van der Waals surface area contributed by atoms with E-state index < -0.39 is 0 Å². The first-order chi connectivity index (χ1) is 8.36. The van der Waals surface area contributed by atoms with Crippen molar-refractivity contribution in [3.63, 3.8) is 0 Å². The van der Waals surface area contributed by atoms with Crippen molar-refractivity contribution in [3.05, 3.63) is 59.9 Å². The molecule has 0 unspecified atom stereocenters. The number of hydrogen-bond acceptors (Lipinski definition) is 1. The summed E-state index contributed by atoms with van der Waals surface area (Å²) in [4.78, 5) is 0. The van der Waals surface area contributed by atoms with Gasteiger partial charge in [0.15, 0.2) is 0 Å². The number of benzene rings is 1. The summed E-state index contributed by atoms with van der Waals surface area (Å²) in [7, 11) is 0. The maximum Gasteiger partial charge on any atom is 0.0813 e. The molecule has 0 aliphatic heterocycles. The fourth-order valence-corrected chi connectivity index (χ4v) is 2.23. The van der Waals surface area contributed by atoms with Gasteiger partial charge >= 0.3 is 0 Å². The Balaban J connectivity index is 2.32. The second-order valence-corrected chi connectivity index (χ2v) is 4.27. The SMILES string of the molecule is CCCc1cccn1[C@H](CO)c1ccccc1. The molecule has 0 saturated heterocycles. The lowest BCUT2D eigenvalue weighted by molar-refractivity contribution is 0.247. The third-order valence-corrected chi connectivity index (χ3v) is 3.07. The maximum atomic E-state index is 9.62. The quantitative estimate of drug-likeness (QED) is 0.837. The fraction of sp³-hybridized carbons (Fsp3) is 0.333. The van der Waals surface area contributed by atoms with E-state index in [2.05, 4.69) is 42.0 Å². The van der Waals surface area contributed by atoms with Crippen LogP contribution >= 0.6 is 0 Å². The number of aromatic nitrogens is 1. The summed E-state index contributed by atoms with van der Waals surface area (Å²) in [6.07, 6.45) is 4.23. The summed E-state index contributed by atoms with van der Waals surface area (Å²) >= 11 is 0. The molecule has 0 aliphatic carbocycles. The highest BCUT2D eigenvalue weighted by molar-refractivity contribution is 5.22. The van der Waals surface area contributed by atoms with Crippen molar-refractivity contribution >= 4 is 0 Å². The first-order valence-electron chi connectivity index (χ1n) is 6.18. The van der Waals surface area contributed by atoms with Crippen LogP contribution in [0.3, 0.4) is 0 Å². The van der Waals surface area contributed by atoms with Gasteiger partial charge in [0.25, 0.3) is 0 Å². The Labute approximate surface area is 103 Å². The van der Waals surface area contributed by atoms with E-state index in [0.717, 1.165) is 18.4 Å². The van der Waals surface area contributed by atoms with Crippen LogP contribution in [0.4, 0.5) is 0 Å². The average Bonchev–Trinajstić information content (AvgIpc) is 2.81. The zero-order chi connectivity index (χ0) is 12.1. The fourth-order valence-electron chi connectivity index (χ4n) is 2.23. The monoisotopic (exact) mass is 229 g/mol. The van der Waals surface area contributed by atoms with Crippen LogP contribution in [0.5, 0.6) is 0 Å². The van der Waals surface area contributed by atoms with Gasteiger partial charge in [-0.15, -0.1) is 0 Å². The zero-order valence-electron chi connectivity index (χ0n) is 10.2. The van der Waals surface area contributed by atoms with Crippen LogP contribution in [-0.2, 0) is 6.42 Å². The van der Waals surface area contributed by atoms with Crippen LogP contribution in [0, 0.1) is 0 Å². The Kier molecular flexibility index (Phi) is 3.99. The van der Waals surface area contributed by atoms with Crippen LogP contribution in [0.25, 0.3) is 0 Å². The van der Waals surface area contributed by atoms with Gasteiger partial charge < -0.3 is 9.67 Å². The number of aliphatic hydroxyl groups excluding tert-OH is 1. The standard InChI is InChI=1S/C15H19NO/c1-2-7-14-10-6-11-16(14)15(12-17)13-8-4-3-5-9-13/h3-6,8-11,15,17H,2,7,12H2,1H3/t15-/m1/s1. The predicted molar refractivity (Wildman–Crippen MR) is 70.1 cm³/mol. The predicted octanol–water partition coefficient (Wildman–Crippen LogP) is 3.02. The molecule has 2 rings (SSSR count). The first-order valence-corrected chi connectivity index (χ1v) is 6.18. The Hall–Kier alpha value is -1.54. The van der Waals surface area contributed by atoms with Gasteiger partial charge in [0, 0.05) is 11.9 Å². The van der Waals surface area contributed by atoms with Gasteiger partial charge in [-0.25, -0.2) is 0 Å². The van der Waals surface area contributed by atoms with Gasteiger partial charge in [0.05, 0.1) is 12.6 Å².